The number of imidazole rings is 1. The fourth-order valence-electron chi connectivity index (χ4n) is 4.38. The fourth-order valence-corrected chi connectivity index (χ4v) is 4.68. The highest BCUT2D eigenvalue weighted by atomic mass is 35.5. The molecule has 2 aliphatic rings. The van der Waals surface area contributed by atoms with E-state index in [4.69, 9.17) is 16.3 Å². The van der Waals surface area contributed by atoms with Crippen LogP contribution in [-0.2, 0) is 14.3 Å². The van der Waals surface area contributed by atoms with E-state index in [1.165, 1.54) is 7.11 Å². The second-order valence-corrected chi connectivity index (χ2v) is 7.55. The van der Waals surface area contributed by atoms with E-state index in [1.807, 2.05) is 24.4 Å². The van der Waals surface area contributed by atoms with Crippen LogP contribution in [-0.4, -0.2) is 28.4 Å². The number of carbonyl (C=O) groups excluding carboxylic acids is 2. The minimum Gasteiger partial charge on any atom is -0.469 e. The molecule has 136 valence electrons. The Labute approximate surface area is 157 Å². The number of hydrogen-bond donors (Lipinski definition) is 0. The van der Waals surface area contributed by atoms with Crippen LogP contribution in [0.25, 0.3) is 11.3 Å². The summed E-state index contributed by atoms with van der Waals surface area (Å²) in [5, 5.41) is 0.693. The minimum atomic E-state index is -0.157. The van der Waals surface area contributed by atoms with E-state index in [0.29, 0.717) is 11.4 Å². The fraction of sp³-hybridized carbons (Fsp3) is 0.450. The number of Topliss-reactive ketones (excluding diaryl/α,β-unsaturated/α-hetero) is 1. The second kappa shape index (κ2) is 6.88. The summed E-state index contributed by atoms with van der Waals surface area (Å²) < 4.78 is 6.88. The summed E-state index contributed by atoms with van der Waals surface area (Å²) >= 11 is 6.45. The molecule has 0 amide bonds. The summed E-state index contributed by atoms with van der Waals surface area (Å²) in [5.74, 6) is 0.0292. The third kappa shape index (κ3) is 2.84. The molecular weight excluding hydrogens is 352 g/mol. The van der Waals surface area contributed by atoms with Crippen LogP contribution in [0.5, 0.6) is 0 Å². The highest BCUT2D eigenvalue weighted by Crippen LogP contribution is 2.45. The first kappa shape index (κ1) is 17.3. The van der Waals surface area contributed by atoms with Crippen molar-refractivity contribution in [2.24, 2.45) is 11.8 Å². The molecule has 0 saturated heterocycles. The van der Waals surface area contributed by atoms with Crippen molar-refractivity contribution in [3.63, 3.8) is 0 Å². The van der Waals surface area contributed by atoms with Gasteiger partial charge in [-0.15, -0.1) is 0 Å². The highest BCUT2D eigenvalue weighted by molar-refractivity contribution is 6.32. The van der Waals surface area contributed by atoms with Gasteiger partial charge < -0.3 is 9.30 Å². The van der Waals surface area contributed by atoms with Gasteiger partial charge in [-0.05, 0) is 31.7 Å². The normalized spacial score (nSPS) is 24.0. The third-order valence-electron chi connectivity index (χ3n) is 5.78. The Kier molecular flexibility index (Phi) is 4.57. The van der Waals surface area contributed by atoms with E-state index in [9.17, 15) is 9.59 Å². The highest BCUT2D eigenvalue weighted by Gasteiger charge is 2.35. The molecule has 1 atom stereocenters. The van der Waals surface area contributed by atoms with Crippen LogP contribution in [0.1, 0.15) is 43.7 Å². The number of benzene rings is 1. The molecular formula is C20H21ClN2O3. The summed E-state index contributed by atoms with van der Waals surface area (Å²) in [7, 11) is 1.42. The smallest absolute Gasteiger partial charge is 0.308 e. The Hall–Kier alpha value is -2.14. The van der Waals surface area contributed by atoms with Crippen molar-refractivity contribution in [3.8, 4) is 11.3 Å². The number of ketones is 1. The number of hydrogen-bond acceptors (Lipinski definition) is 4. The monoisotopic (exact) mass is 372 g/mol. The van der Waals surface area contributed by atoms with Gasteiger partial charge in [-0.2, -0.15) is 0 Å². The van der Waals surface area contributed by atoms with E-state index >= 15 is 0 Å². The van der Waals surface area contributed by atoms with Crippen molar-refractivity contribution in [3.05, 3.63) is 41.3 Å². The van der Waals surface area contributed by atoms with Gasteiger partial charge in [0.15, 0.2) is 0 Å². The lowest BCUT2D eigenvalue weighted by atomic mass is 9.78. The molecule has 0 radical (unpaired) electrons. The van der Waals surface area contributed by atoms with Gasteiger partial charge in [0.2, 0.25) is 0 Å². The molecule has 1 aliphatic heterocycles. The Morgan fingerprint density at radius 1 is 1.23 bits per heavy atom. The van der Waals surface area contributed by atoms with Crippen molar-refractivity contribution in [1.29, 1.82) is 0 Å². The van der Waals surface area contributed by atoms with Crippen LogP contribution in [0.4, 0.5) is 0 Å². The number of fused-ring (bicyclic) bond motifs is 3. The van der Waals surface area contributed by atoms with Crippen molar-refractivity contribution in [2.45, 2.75) is 38.1 Å². The predicted molar refractivity (Wildman–Crippen MR) is 97.9 cm³/mol. The molecule has 1 aromatic carbocycles. The van der Waals surface area contributed by atoms with Gasteiger partial charge in [-0.1, -0.05) is 23.7 Å². The van der Waals surface area contributed by atoms with Crippen molar-refractivity contribution < 1.29 is 14.3 Å². The SMILES string of the molecule is COC(=O)C1CCC(C(=O)CC2c3c(Cl)cccc3-c3cncn32)CC1. The van der Waals surface area contributed by atoms with Gasteiger partial charge in [0, 0.05) is 28.5 Å². The zero-order valence-corrected chi connectivity index (χ0v) is 15.4. The lowest BCUT2D eigenvalue weighted by Crippen LogP contribution is -2.28. The van der Waals surface area contributed by atoms with Gasteiger partial charge in [-0.25, -0.2) is 4.98 Å². The number of methoxy groups -OCH3 is 1. The van der Waals surface area contributed by atoms with E-state index in [0.717, 1.165) is 42.5 Å². The van der Waals surface area contributed by atoms with E-state index in [2.05, 4.69) is 9.55 Å². The largest absolute Gasteiger partial charge is 0.469 e. The van der Waals surface area contributed by atoms with Crippen LogP contribution in [0.3, 0.4) is 0 Å². The van der Waals surface area contributed by atoms with Gasteiger partial charge in [0.1, 0.15) is 5.78 Å². The summed E-state index contributed by atoms with van der Waals surface area (Å²) in [4.78, 5) is 28.9. The molecule has 1 unspecified atom stereocenters. The zero-order chi connectivity index (χ0) is 18.3. The Bertz CT molecular complexity index is 852. The maximum Gasteiger partial charge on any atom is 0.308 e. The number of carbonyl (C=O) groups is 2. The summed E-state index contributed by atoms with van der Waals surface area (Å²) in [5.41, 5.74) is 3.08. The molecule has 0 N–H and O–H groups in total. The van der Waals surface area contributed by atoms with Crippen molar-refractivity contribution in [2.75, 3.05) is 7.11 Å². The van der Waals surface area contributed by atoms with Crippen LogP contribution in [0.2, 0.25) is 5.02 Å². The van der Waals surface area contributed by atoms with Gasteiger partial charge in [0.25, 0.3) is 0 Å². The van der Waals surface area contributed by atoms with E-state index < -0.39 is 0 Å². The molecule has 1 saturated carbocycles. The van der Waals surface area contributed by atoms with Crippen LogP contribution in [0, 0.1) is 11.8 Å². The molecule has 2 heterocycles. The van der Waals surface area contributed by atoms with Crippen LogP contribution < -0.4 is 0 Å². The maximum atomic E-state index is 13.0. The molecule has 26 heavy (non-hydrogen) atoms. The summed E-state index contributed by atoms with van der Waals surface area (Å²) in [6, 6.07) is 5.73. The first-order chi connectivity index (χ1) is 12.6. The number of aromatic nitrogens is 2. The molecule has 0 spiro atoms. The Morgan fingerprint density at radius 3 is 2.69 bits per heavy atom. The maximum absolute atomic E-state index is 13.0. The standard InChI is InChI=1S/C20H21ClN2O3/c1-26-20(25)13-7-5-12(6-8-13)18(24)9-16-19-14(3-2-4-15(19)21)17-10-22-11-23(16)17/h2-4,10-13,16H,5-9H2,1H3. The molecule has 0 bridgehead atoms. The first-order valence-electron chi connectivity index (χ1n) is 9.01. The van der Waals surface area contributed by atoms with E-state index in [1.54, 1.807) is 6.33 Å². The summed E-state index contributed by atoms with van der Waals surface area (Å²) in [6.45, 7) is 0. The van der Waals surface area contributed by atoms with Crippen molar-refractivity contribution >= 4 is 23.4 Å². The molecule has 1 aliphatic carbocycles. The number of halogens is 1. The van der Waals surface area contributed by atoms with Gasteiger partial charge in [-0.3, -0.25) is 9.59 Å². The van der Waals surface area contributed by atoms with Gasteiger partial charge >= 0.3 is 5.97 Å². The zero-order valence-electron chi connectivity index (χ0n) is 14.7. The topological polar surface area (TPSA) is 61.2 Å². The minimum absolute atomic E-state index is 0.00872. The number of ether oxygens (including phenoxy) is 1. The molecule has 1 aromatic heterocycles. The average Bonchev–Trinajstić information content (AvgIpc) is 3.24. The summed E-state index contributed by atoms with van der Waals surface area (Å²) in [6.07, 6.45) is 6.95. The number of rotatable bonds is 4. The molecule has 1 fully saturated rings. The quantitative estimate of drug-likeness (QED) is 0.760. The van der Waals surface area contributed by atoms with Crippen LogP contribution in [0.15, 0.2) is 30.7 Å². The van der Waals surface area contributed by atoms with E-state index in [-0.39, 0.29) is 29.6 Å². The lowest BCUT2D eigenvalue weighted by molar-refractivity contribution is -0.147. The third-order valence-corrected chi connectivity index (χ3v) is 6.11. The predicted octanol–water partition coefficient (Wildman–Crippen LogP) is 4.04. The average molecular weight is 373 g/mol. The van der Waals surface area contributed by atoms with Crippen LogP contribution >= 0.6 is 11.6 Å². The molecule has 6 heteroatoms. The second-order valence-electron chi connectivity index (χ2n) is 7.15. The Balaban J connectivity index is 1.50. The first-order valence-corrected chi connectivity index (χ1v) is 9.39. The molecule has 5 nitrogen and oxygen atoms in total. The molecule has 2 aromatic rings. The van der Waals surface area contributed by atoms with Crippen molar-refractivity contribution in [1.82, 2.24) is 9.55 Å². The number of esters is 1. The Morgan fingerprint density at radius 2 is 1.96 bits per heavy atom. The molecule has 4 rings (SSSR count). The van der Waals surface area contributed by atoms with Gasteiger partial charge in [0.05, 0.1) is 37.3 Å². The number of nitrogens with zero attached hydrogens (tertiary/aromatic N) is 2. The lowest BCUT2D eigenvalue weighted by Gasteiger charge is -2.27.